The van der Waals surface area contributed by atoms with Gasteiger partial charge in [-0.3, -0.25) is 9.59 Å². The molecule has 6 nitrogen and oxygen atoms in total. The lowest BCUT2D eigenvalue weighted by Gasteiger charge is -2.28. The second-order valence-electron chi connectivity index (χ2n) is 8.40. The predicted molar refractivity (Wildman–Crippen MR) is 128 cm³/mol. The number of hydrogen-bond acceptors (Lipinski definition) is 5. The number of nitrogens with zero attached hydrogens (tertiary/aromatic N) is 1. The summed E-state index contributed by atoms with van der Waals surface area (Å²) in [7, 11) is 1.56. The molecule has 0 spiro atoms. The molecule has 0 saturated carbocycles. The van der Waals surface area contributed by atoms with E-state index in [9.17, 15) is 14.4 Å². The van der Waals surface area contributed by atoms with Crippen LogP contribution in [0.2, 0.25) is 0 Å². The molecule has 3 aromatic rings. The Labute approximate surface area is 199 Å². The molecule has 1 saturated heterocycles. The highest BCUT2D eigenvalue weighted by Crippen LogP contribution is 2.32. The van der Waals surface area contributed by atoms with Crippen LogP contribution in [0.4, 0.5) is 4.79 Å². The Morgan fingerprint density at radius 2 is 1.59 bits per heavy atom. The molecule has 2 amide bonds. The van der Waals surface area contributed by atoms with E-state index in [1.54, 1.807) is 38.3 Å². The van der Waals surface area contributed by atoms with Crippen LogP contribution >= 0.6 is 0 Å². The number of carbonyl (C=O) groups is 3. The van der Waals surface area contributed by atoms with Crippen molar-refractivity contribution in [3.63, 3.8) is 0 Å². The lowest BCUT2D eigenvalue weighted by Crippen LogP contribution is -2.45. The van der Waals surface area contributed by atoms with Crippen molar-refractivity contribution in [1.29, 1.82) is 0 Å². The number of amides is 2. The lowest BCUT2D eigenvalue weighted by atomic mass is 9.81. The number of methoxy groups -OCH3 is 1. The molecule has 3 atom stereocenters. The van der Waals surface area contributed by atoms with E-state index in [0.29, 0.717) is 23.3 Å². The molecule has 34 heavy (non-hydrogen) atoms. The van der Waals surface area contributed by atoms with Crippen molar-refractivity contribution in [3.8, 4) is 5.75 Å². The zero-order chi connectivity index (χ0) is 24.1. The first-order valence-electron chi connectivity index (χ1n) is 11.3. The standard InChI is InChI=1S/C28H27NO5/c1-19(26(30)22-13-15-24(33-2)16-14-22)25(21-11-7-4-8-12-21)27(31)29-23(18-34-28(29)32)17-20-9-5-3-6-10-20/h3-16,19,23,25H,17-18H2,1-2H3/t19?,23-,25+/m1/s1. The summed E-state index contributed by atoms with van der Waals surface area (Å²) in [6.45, 7) is 1.86. The number of rotatable bonds is 8. The summed E-state index contributed by atoms with van der Waals surface area (Å²) in [5.74, 6) is -1.50. The van der Waals surface area contributed by atoms with Crippen LogP contribution in [-0.2, 0) is 16.0 Å². The first kappa shape index (κ1) is 23.2. The number of cyclic esters (lactones) is 1. The number of hydrogen-bond donors (Lipinski definition) is 0. The van der Waals surface area contributed by atoms with Crippen molar-refractivity contribution >= 4 is 17.8 Å². The summed E-state index contributed by atoms with van der Waals surface area (Å²) in [5, 5.41) is 0. The van der Waals surface area contributed by atoms with Gasteiger partial charge in [-0.15, -0.1) is 0 Å². The largest absolute Gasteiger partial charge is 0.497 e. The summed E-state index contributed by atoms with van der Waals surface area (Å²) in [5.41, 5.74) is 2.16. The Morgan fingerprint density at radius 1 is 0.971 bits per heavy atom. The van der Waals surface area contributed by atoms with E-state index in [-0.39, 0.29) is 12.4 Å². The molecule has 0 N–H and O–H groups in total. The highest BCUT2D eigenvalue weighted by atomic mass is 16.6. The predicted octanol–water partition coefficient (Wildman–Crippen LogP) is 4.89. The third-order valence-electron chi connectivity index (χ3n) is 6.23. The van der Waals surface area contributed by atoms with Crippen LogP contribution < -0.4 is 4.74 Å². The topological polar surface area (TPSA) is 72.9 Å². The third kappa shape index (κ3) is 4.86. The monoisotopic (exact) mass is 457 g/mol. The zero-order valence-electron chi connectivity index (χ0n) is 19.2. The van der Waals surface area contributed by atoms with Crippen LogP contribution in [-0.4, -0.2) is 42.4 Å². The Morgan fingerprint density at radius 3 is 2.21 bits per heavy atom. The molecule has 1 aliphatic heterocycles. The zero-order valence-corrected chi connectivity index (χ0v) is 19.2. The minimum atomic E-state index is -0.834. The molecule has 1 aliphatic rings. The fourth-order valence-corrected chi connectivity index (χ4v) is 4.39. The number of benzene rings is 3. The Balaban J connectivity index is 1.65. The van der Waals surface area contributed by atoms with Crippen LogP contribution in [0.5, 0.6) is 5.75 Å². The molecule has 0 aliphatic carbocycles. The maximum atomic E-state index is 13.9. The van der Waals surface area contributed by atoms with Gasteiger partial charge in [-0.05, 0) is 41.8 Å². The van der Waals surface area contributed by atoms with E-state index < -0.39 is 29.9 Å². The summed E-state index contributed by atoms with van der Waals surface area (Å²) in [4.78, 5) is 41.2. The summed E-state index contributed by atoms with van der Waals surface area (Å²) in [6, 6.07) is 25.2. The molecule has 6 heteroatoms. The van der Waals surface area contributed by atoms with Crippen LogP contribution in [0.15, 0.2) is 84.9 Å². The van der Waals surface area contributed by atoms with Gasteiger partial charge in [-0.2, -0.15) is 0 Å². The SMILES string of the molecule is COc1ccc(C(=O)C(C)[C@H](C(=O)N2C(=O)OC[C@H]2Cc2ccccc2)c2ccccc2)cc1. The van der Waals surface area contributed by atoms with Crippen molar-refractivity contribution in [3.05, 3.63) is 102 Å². The highest BCUT2D eigenvalue weighted by molar-refractivity contribution is 6.04. The number of Topliss-reactive ketones (excluding diaryl/α,β-unsaturated/α-hetero) is 1. The minimum absolute atomic E-state index is 0.127. The Bertz CT molecular complexity index is 1140. The quantitative estimate of drug-likeness (QED) is 0.451. The summed E-state index contributed by atoms with van der Waals surface area (Å²) < 4.78 is 10.5. The molecular weight excluding hydrogens is 430 g/mol. The van der Waals surface area contributed by atoms with Gasteiger partial charge in [0.05, 0.1) is 19.1 Å². The van der Waals surface area contributed by atoms with Crippen molar-refractivity contribution in [1.82, 2.24) is 4.90 Å². The summed E-state index contributed by atoms with van der Waals surface area (Å²) >= 11 is 0. The average molecular weight is 458 g/mol. The van der Waals surface area contributed by atoms with Gasteiger partial charge in [0.1, 0.15) is 12.4 Å². The molecule has 174 valence electrons. The van der Waals surface area contributed by atoms with Crippen LogP contribution in [0.1, 0.15) is 34.3 Å². The summed E-state index contributed by atoms with van der Waals surface area (Å²) in [6.07, 6.45) is -0.184. The van der Waals surface area contributed by atoms with Crippen molar-refractivity contribution in [2.45, 2.75) is 25.3 Å². The van der Waals surface area contributed by atoms with E-state index >= 15 is 0 Å². The van der Waals surface area contributed by atoms with Crippen LogP contribution in [0.25, 0.3) is 0 Å². The second-order valence-corrected chi connectivity index (χ2v) is 8.40. The molecule has 0 bridgehead atoms. The molecule has 1 unspecified atom stereocenters. The van der Waals surface area contributed by atoms with E-state index in [1.165, 1.54) is 4.90 Å². The van der Waals surface area contributed by atoms with Gasteiger partial charge in [0, 0.05) is 11.5 Å². The highest BCUT2D eigenvalue weighted by Gasteiger charge is 2.44. The average Bonchev–Trinajstić information content (AvgIpc) is 3.24. The molecule has 0 aromatic heterocycles. The smallest absolute Gasteiger partial charge is 0.417 e. The third-order valence-corrected chi connectivity index (χ3v) is 6.23. The number of carbonyl (C=O) groups excluding carboxylic acids is 3. The first-order chi connectivity index (χ1) is 16.5. The maximum Gasteiger partial charge on any atom is 0.417 e. The number of imide groups is 1. The van der Waals surface area contributed by atoms with E-state index in [0.717, 1.165) is 5.56 Å². The van der Waals surface area contributed by atoms with E-state index in [4.69, 9.17) is 9.47 Å². The maximum absolute atomic E-state index is 13.9. The van der Waals surface area contributed by atoms with Crippen LogP contribution in [0, 0.1) is 5.92 Å². The molecule has 1 heterocycles. The van der Waals surface area contributed by atoms with Gasteiger partial charge in [0.15, 0.2) is 5.78 Å². The fraction of sp³-hybridized carbons (Fsp3) is 0.250. The van der Waals surface area contributed by atoms with Crippen molar-refractivity contribution in [2.75, 3.05) is 13.7 Å². The second kappa shape index (κ2) is 10.3. The molecule has 4 rings (SSSR count). The minimum Gasteiger partial charge on any atom is -0.497 e. The molecule has 0 radical (unpaired) electrons. The van der Waals surface area contributed by atoms with Crippen molar-refractivity contribution < 1.29 is 23.9 Å². The van der Waals surface area contributed by atoms with Gasteiger partial charge < -0.3 is 9.47 Å². The lowest BCUT2D eigenvalue weighted by molar-refractivity contribution is -0.131. The van der Waals surface area contributed by atoms with Gasteiger partial charge >= 0.3 is 6.09 Å². The van der Waals surface area contributed by atoms with Crippen LogP contribution in [0.3, 0.4) is 0 Å². The van der Waals surface area contributed by atoms with Crippen molar-refractivity contribution in [2.24, 2.45) is 5.92 Å². The first-order valence-corrected chi connectivity index (χ1v) is 11.3. The van der Waals surface area contributed by atoms with Gasteiger partial charge in [0.25, 0.3) is 0 Å². The molecule has 1 fully saturated rings. The number of ketones is 1. The van der Waals surface area contributed by atoms with Gasteiger partial charge in [-0.25, -0.2) is 9.69 Å². The van der Waals surface area contributed by atoms with E-state index in [1.807, 2.05) is 60.7 Å². The number of ether oxygens (including phenoxy) is 2. The fourth-order valence-electron chi connectivity index (χ4n) is 4.39. The van der Waals surface area contributed by atoms with Gasteiger partial charge in [0.2, 0.25) is 5.91 Å². The molecular formula is C28H27NO5. The Hall–Kier alpha value is -3.93. The Kier molecular flexibility index (Phi) is 7.07. The van der Waals surface area contributed by atoms with Gasteiger partial charge in [-0.1, -0.05) is 67.6 Å². The molecule has 3 aromatic carbocycles. The normalized spacial score (nSPS) is 17.1. The van der Waals surface area contributed by atoms with E-state index in [2.05, 4.69) is 0 Å².